The van der Waals surface area contributed by atoms with E-state index in [0.717, 1.165) is 12.2 Å². The zero-order chi connectivity index (χ0) is 16.6. The lowest BCUT2D eigenvalue weighted by molar-refractivity contribution is 0.223. The first-order valence-electron chi connectivity index (χ1n) is 8.40. The Kier molecular flexibility index (Phi) is 4.42. The van der Waals surface area contributed by atoms with Crippen LogP contribution in [0.3, 0.4) is 0 Å². The highest BCUT2D eigenvalue weighted by Gasteiger charge is 2.31. The molecular formula is C20H27N3. The van der Waals surface area contributed by atoms with E-state index < -0.39 is 0 Å². The van der Waals surface area contributed by atoms with E-state index >= 15 is 0 Å². The first kappa shape index (κ1) is 16.0. The van der Waals surface area contributed by atoms with Crippen LogP contribution in [0.15, 0.2) is 42.5 Å². The van der Waals surface area contributed by atoms with Gasteiger partial charge in [0.25, 0.3) is 0 Å². The van der Waals surface area contributed by atoms with Gasteiger partial charge in [0.05, 0.1) is 0 Å². The van der Waals surface area contributed by atoms with Crippen molar-refractivity contribution in [3.63, 3.8) is 0 Å². The minimum atomic E-state index is 0.293. The van der Waals surface area contributed by atoms with Crippen molar-refractivity contribution in [1.29, 1.82) is 0 Å². The molecule has 0 bridgehead atoms. The van der Waals surface area contributed by atoms with Gasteiger partial charge in [-0.25, -0.2) is 0 Å². The van der Waals surface area contributed by atoms with Crippen molar-refractivity contribution < 1.29 is 0 Å². The topological polar surface area (TPSA) is 55.3 Å². The maximum absolute atomic E-state index is 6.08. The summed E-state index contributed by atoms with van der Waals surface area (Å²) in [5.41, 5.74) is 18.3. The van der Waals surface area contributed by atoms with Crippen LogP contribution >= 0.6 is 0 Å². The first-order chi connectivity index (χ1) is 11.0. The quantitative estimate of drug-likeness (QED) is 0.854. The van der Waals surface area contributed by atoms with Gasteiger partial charge in [0.15, 0.2) is 0 Å². The second kappa shape index (κ2) is 6.34. The van der Waals surface area contributed by atoms with Crippen molar-refractivity contribution in [3.05, 3.63) is 64.7 Å². The van der Waals surface area contributed by atoms with Crippen LogP contribution < -0.4 is 11.5 Å². The molecule has 0 aliphatic carbocycles. The van der Waals surface area contributed by atoms with Gasteiger partial charge >= 0.3 is 0 Å². The van der Waals surface area contributed by atoms with E-state index in [4.69, 9.17) is 11.5 Å². The zero-order valence-corrected chi connectivity index (χ0v) is 14.3. The molecule has 3 heteroatoms. The molecule has 2 aromatic rings. The predicted molar refractivity (Wildman–Crippen MR) is 97.7 cm³/mol. The summed E-state index contributed by atoms with van der Waals surface area (Å²) in [7, 11) is 2.17. The fourth-order valence-corrected chi connectivity index (χ4v) is 3.68. The van der Waals surface area contributed by atoms with Gasteiger partial charge in [0, 0.05) is 30.7 Å². The molecule has 2 atom stereocenters. The van der Waals surface area contributed by atoms with E-state index in [1.54, 1.807) is 0 Å². The number of benzene rings is 2. The molecule has 0 saturated heterocycles. The summed E-state index contributed by atoms with van der Waals surface area (Å²) in [6.45, 7) is 6.09. The third kappa shape index (κ3) is 2.99. The van der Waals surface area contributed by atoms with Crippen LogP contribution in [0.5, 0.6) is 0 Å². The molecule has 0 saturated carbocycles. The number of likely N-dealkylation sites (N-methyl/N-ethyl adjacent to an activating group) is 1. The second-order valence-corrected chi connectivity index (χ2v) is 6.96. The third-order valence-electron chi connectivity index (χ3n) is 5.05. The summed E-state index contributed by atoms with van der Waals surface area (Å²) in [5, 5.41) is 0. The van der Waals surface area contributed by atoms with Crippen molar-refractivity contribution in [2.45, 2.75) is 31.7 Å². The van der Waals surface area contributed by atoms with Gasteiger partial charge in [-0.1, -0.05) is 44.2 Å². The van der Waals surface area contributed by atoms with Crippen LogP contribution in [0.1, 0.15) is 54.0 Å². The molecule has 3 nitrogen and oxygen atoms in total. The summed E-state index contributed by atoms with van der Waals surface area (Å²) < 4.78 is 0. The minimum Gasteiger partial charge on any atom is -0.399 e. The fraction of sp³-hybridized carbons (Fsp3) is 0.400. The monoisotopic (exact) mass is 309 g/mol. The summed E-state index contributed by atoms with van der Waals surface area (Å²) in [5.74, 6) is 0.874. The van der Waals surface area contributed by atoms with Gasteiger partial charge in [-0.3, -0.25) is 4.90 Å². The van der Waals surface area contributed by atoms with E-state index in [0.29, 0.717) is 24.4 Å². The van der Waals surface area contributed by atoms with Gasteiger partial charge in [-0.2, -0.15) is 0 Å². The molecule has 4 N–H and O–H groups in total. The fourth-order valence-electron chi connectivity index (χ4n) is 3.68. The van der Waals surface area contributed by atoms with Crippen LogP contribution in [-0.2, 0) is 0 Å². The maximum atomic E-state index is 6.08. The minimum absolute atomic E-state index is 0.293. The summed E-state index contributed by atoms with van der Waals surface area (Å²) in [6, 6.07) is 15.5. The molecule has 0 spiro atoms. The number of fused-ring (bicyclic) bond motifs is 1. The average molecular weight is 309 g/mol. The van der Waals surface area contributed by atoms with Crippen LogP contribution in [0.2, 0.25) is 0 Å². The Hall–Kier alpha value is -1.84. The van der Waals surface area contributed by atoms with Gasteiger partial charge < -0.3 is 11.5 Å². The number of nitrogen functional groups attached to an aromatic ring is 1. The number of nitrogens with two attached hydrogens (primary N) is 2. The average Bonchev–Trinajstić information content (AvgIpc) is 2.53. The highest BCUT2D eigenvalue weighted by molar-refractivity contribution is 5.49. The molecule has 122 valence electrons. The summed E-state index contributed by atoms with van der Waals surface area (Å²) in [4.78, 5) is 2.38. The molecule has 2 unspecified atom stereocenters. The molecule has 0 amide bonds. The SMILES string of the molecule is CC(C)c1ccc2c(c1)C(CN)N(C)CC2c1cccc(N)c1. The highest BCUT2D eigenvalue weighted by atomic mass is 15.1. The molecule has 3 rings (SSSR count). The molecular weight excluding hydrogens is 282 g/mol. The smallest absolute Gasteiger partial charge is 0.0470 e. The van der Waals surface area contributed by atoms with Crippen LogP contribution in [0, 0.1) is 0 Å². The maximum Gasteiger partial charge on any atom is 0.0470 e. The molecule has 1 aliphatic heterocycles. The van der Waals surface area contributed by atoms with E-state index in [1.165, 1.54) is 22.3 Å². The Morgan fingerprint density at radius 2 is 1.91 bits per heavy atom. The Labute approximate surface area is 139 Å². The molecule has 0 fully saturated rings. The molecule has 0 radical (unpaired) electrons. The van der Waals surface area contributed by atoms with Crippen molar-refractivity contribution in [2.24, 2.45) is 5.73 Å². The highest BCUT2D eigenvalue weighted by Crippen LogP contribution is 2.39. The van der Waals surface area contributed by atoms with E-state index in [1.807, 2.05) is 12.1 Å². The number of hydrogen-bond acceptors (Lipinski definition) is 3. The largest absolute Gasteiger partial charge is 0.399 e. The van der Waals surface area contributed by atoms with Crippen LogP contribution in [-0.4, -0.2) is 25.0 Å². The molecule has 1 heterocycles. The molecule has 2 aromatic carbocycles. The van der Waals surface area contributed by atoms with Gasteiger partial charge in [-0.15, -0.1) is 0 Å². The standard InChI is InChI=1S/C20H27N3/c1-13(2)14-7-8-17-18(10-14)20(11-21)23(3)12-19(17)15-5-4-6-16(22)9-15/h4-10,13,19-20H,11-12,21-22H2,1-3H3. The Morgan fingerprint density at radius 1 is 1.13 bits per heavy atom. The van der Waals surface area contributed by atoms with Crippen molar-refractivity contribution >= 4 is 5.69 Å². The Balaban J connectivity index is 2.12. The lowest BCUT2D eigenvalue weighted by Gasteiger charge is -2.39. The van der Waals surface area contributed by atoms with Gasteiger partial charge in [-0.05, 0) is 47.4 Å². The number of hydrogen-bond donors (Lipinski definition) is 2. The third-order valence-corrected chi connectivity index (χ3v) is 5.05. The zero-order valence-electron chi connectivity index (χ0n) is 14.3. The van der Waals surface area contributed by atoms with Gasteiger partial charge in [0.2, 0.25) is 0 Å². The van der Waals surface area contributed by atoms with Crippen LogP contribution in [0.4, 0.5) is 5.69 Å². The van der Waals surface area contributed by atoms with Crippen molar-refractivity contribution in [3.8, 4) is 0 Å². The van der Waals surface area contributed by atoms with Crippen molar-refractivity contribution in [1.82, 2.24) is 4.90 Å². The predicted octanol–water partition coefficient (Wildman–Crippen LogP) is 3.47. The van der Waals surface area contributed by atoms with E-state index in [-0.39, 0.29) is 0 Å². The lowest BCUT2D eigenvalue weighted by Crippen LogP contribution is -2.39. The molecule has 1 aliphatic rings. The first-order valence-corrected chi connectivity index (χ1v) is 8.40. The van der Waals surface area contributed by atoms with E-state index in [2.05, 4.69) is 56.1 Å². The number of anilines is 1. The normalized spacial score (nSPS) is 21.4. The van der Waals surface area contributed by atoms with Crippen LogP contribution in [0.25, 0.3) is 0 Å². The Morgan fingerprint density at radius 3 is 2.57 bits per heavy atom. The number of rotatable bonds is 3. The summed E-state index contributed by atoms with van der Waals surface area (Å²) >= 11 is 0. The second-order valence-electron chi connectivity index (χ2n) is 6.96. The molecule has 0 aromatic heterocycles. The van der Waals surface area contributed by atoms with Crippen molar-refractivity contribution in [2.75, 3.05) is 25.9 Å². The van der Waals surface area contributed by atoms with Gasteiger partial charge in [0.1, 0.15) is 0 Å². The number of nitrogens with zero attached hydrogens (tertiary/aromatic N) is 1. The summed E-state index contributed by atoms with van der Waals surface area (Å²) in [6.07, 6.45) is 0. The lowest BCUT2D eigenvalue weighted by atomic mass is 9.80. The van der Waals surface area contributed by atoms with E-state index in [9.17, 15) is 0 Å². The molecule has 23 heavy (non-hydrogen) atoms. The Bertz CT molecular complexity index is 693.